The van der Waals surface area contributed by atoms with E-state index in [4.69, 9.17) is 9.15 Å². The third kappa shape index (κ3) is 2.91. The Morgan fingerprint density at radius 1 is 0.605 bits per heavy atom. The third-order valence-corrected chi connectivity index (χ3v) is 9.69. The molecule has 2 aliphatic heterocycles. The normalized spacial score (nSPS) is 13.4. The van der Waals surface area contributed by atoms with Crippen LogP contribution in [-0.4, -0.2) is 18.3 Å². The molecule has 0 bridgehead atoms. The monoisotopic (exact) mass is 552 g/mol. The van der Waals surface area contributed by atoms with Crippen LogP contribution in [0.5, 0.6) is 11.5 Å². The molecule has 6 aromatic carbocycles. The van der Waals surface area contributed by atoms with Crippen LogP contribution < -0.4 is 26.0 Å². The highest BCUT2D eigenvalue weighted by Gasteiger charge is 2.40. The second-order valence-corrected chi connectivity index (χ2v) is 11.8. The van der Waals surface area contributed by atoms with Gasteiger partial charge in [-0.1, -0.05) is 66.7 Å². The Morgan fingerprint density at radius 2 is 1.42 bits per heavy atom. The minimum Gasteiger partial charge on any atom is -0.458 e. The van der Waals surface area contributed by atoms with E-state index in [1.165, 1.54) is 55.0 Å². The molecule has 0 N–H and O–H groups in total. The fourth-order valence-corrected chi connectivity index (χ4v) is 7.77. The van der Waals surface area contributed by atoms with Gasteiger partial charge in [0.15, 0.2) is 0 Å². The number of aromatic nitrogens is 1. The lowest BCUT2D eigenvalue weighted by Crippen LogP contribution is -2.59. The molecule has 0 spiro atoms. The van der Waals surface area contributed by atoms with Gasteiger partial charge in [-0.15, -0.1) is 0 Å². The van der Waals surface area contributed by atoms with E-state index in [1.807, 2.05) is 0 Å². The van der Waals surface area contributed by atoms with Crippen molar-refractivity contribution in [3.05, 3.63) is 115 Å². The lowest BCUT2D eigenvalue weighted by molar-refractivity contribution is 0.489. The molecule has 202 valence electrons. The van der Waals surface area contributed by atoms with Crippen LogP contribution in [0.3, 0.4) is 0 Å². The largest absolute Gasteiger partial charge is 0.458 e. The van der Waals surface area contributed by atoms with Gasteiger partial charge >= 0.3 is 0 Å². The maximum absolute atomic E-state index is 6.79. The van der Waals surface area contributed by atoms with E-state index in [2.05, 4.69) is 139 Å². The maximum Gasteiger partial charge on any atom is 0.256 e. The van der Waals surface area contributed by atoms with Crippen molar-refractivity contribution in [3.8, 4) is 22.6 Å². The van der Waals surface area contributed by atoms with Gasteiger partial charge in [-0.25, -0.2) is 0 Å². The zero-order valence-electron chi connectivity index (χ0n) is 23.8. The van der Waals surface area contributed by atoms with Crippen LogP contribution in [0.2, 0.25) is 0 Å². The van der Waals surface area contributed by atoms with E-state index < -0.39 is 0 Å². The molecule has 4 heterocycles. The average molecular weight is 552 g/mol. The van der Waals surface area contributed by atoms with Crippen LogP contribution in [0.1, 0.15) is 0 Å². The van der Waals surface area contributed by atoms with E-state index in [1.54, 1.807) is 0 Å². The number of hydrogen-bond donors (Lipinski definition) is 0. The molecule has 0 saturated carbocycles. The highest BCUT2D eigenvalue weighted by Crippen LogP contribution is 2.43. The van der Waals surface area contributed by atoms with Gasteiger partial charge in [-0.2, -0.15) is 0 Å². The van der Waals surface area contributed by atoms with E-state index in [0.29, 0.717) is 0 Å². The Balaban J connectivity index is 1.20. The molecule has 2 aromatic heterocycles. The summed E-state index contributed by atoms with van der Waals surface area (Å²) in [4.78, 5) is 2.28. The Morgan fingerprint density at radius 3 is 2.37 bits per heavy atom. The highest BCUT2D eigenvalue weighted by molar-refractivity contribution is 6.99. The minimum absolute atomic E-state index is 0.108. The number of fused-ring (bicyclic) bond motifs is 11. The predicted octanol–water partition coefficient (Wildman–Crippen LogP) is 7.60. The molecular formula is C38H25BN2O2. The van der Waals surface area contributed by atoms with E-state index >= 15 is 0 Å². The summed E-state index contributed by atoms with van der Waals surface area (Å²) in [5.74, 6) is 1.84. The van der Waals surface area contributed by atoms with Crippen LogP contribution in [-0.2, 0) is 7.05 Å². The van der Waals surface area contributed by atoms with E-state index in [9.17, 15) is 0 Å². The van der Waals surface area contributed by atoms with Gasteiger partial charge in [0.2, 0.25) is 0 Å². The molecule has 0 radical (unpaired) electrons. The number of benzene rings is 6. The number of nitrogens with zero attached hydrogens (tertiary/aromatic N) is 2. The van der Waals surface area contributed by atoms with Gasteiger partial charge in [0, 0.05) is 63.6 Å². The van der Waals surface area contributed by atoms with Gasteiger partial charge < -0.3 is 18.6 Å². The molecule has 10 rings (SSSR count). The molecule has 4 nitrogen and oxygen atoms in total. The SMILES string of the molecule is CN1c2ccccc2B2c3cccc(-c4ccc5c(c4)oc4ccc6c(c7ccccc7n6C)c45)c3Oc3cccc1c32. The molecule has 8 aromatic rings. The van der Waals surface area contributed by atoms with Crippen LogP contribution in [0.4, 0.5) is 11.4 Å². The first-order chi connectivity index (χ1) is 21.2. The fourth-order valence-electron chi connectivity index (χ4n) is 7.77. The number of hydrogen-bond acceptors (Lipinski definition) is 3. The lowest BCUT2D eigenvalue weighted by Gasteiger charge is -2.38. The van der Waals surface area contributed by atoms with Crippen molar-refractivity contribution in [2.24, 2.45) is 7.05 Å². The van der Waals surface area contributed by atoms with Crippen molar-refractivity contribution in [1.29, 1.82) is 0 Å². The molecule has 0 atom stereocenters. The molecule has 5 heteroatoms. The highest BCUT2D eigenvalue weighted by atomic mass is 16.5. The van der Waals surface area contributed by atoms with Gasteiger partial charge in [0.25, 0.3) is 6.71 Å². The van der Waals surface area contributed by atoms with Gasteiger partial charge in [0.1, 0.15) is 22.7 Å². The van der Waals surface area contributed by atoms with Gasteiger partial charge in [0.05, 0.1) is 0 Å². The molecule has 0 amide bonds. The third-order valence-electron chi connectivity index (χ3n) is 9.69. The Bertz CT molecular complexity index is 2490. The van der Waals surface area contributed by atoms with Crippen LogP contribution in [0.15, 0.2) is 120 Å². The summed E-state index contributed by atoms with van der Waals surface area (Å²) in [5, 5.41) is 4.80. The summed E-state index contributed by atoms with van der Waals surface area (Å²) in [6.07, 6.45) is 0. The minimum atomic E-state index is 0.108. The molecule has 0 unspecified atom stereocenters. The topological polar surface area (TPSA) is 30.5 Å². The smallest absolute Gasteiger partial charge is 0.256 e. The number of ether oxygens (including phenoxy) is 1. The number of furan rings is 1. The molecule has 2 aliphatic rings. The Labute approximate surface area is 248 Å². The zero-order valence-corrected chi connectivity index (χ0v) is 23.8. The standard InChI is InChI=1S/C38H25BN2O2/c1-40-28-13-5-3-9-24(28)35-30(40)19-20-32-36(35)25-18-17-22(21-34(25)42-32)23-10-7-12-27-38(23)43-33-16-8-15-31-37(33)39(27)26-11-4-6-14-29(26)41(31)2/h3-21H,1-2H3. The first-order valence-corrected chi connectivity index (χ1v) is 14.8. The van der Waals surface area contributed by atoms with E-state index in [0.717, 1.165) is 39.2 Å². The summed E-state index contributed by atoms with van der Waals surface area (Å²) in [5.41, 5.74) is 12.5. The number of aryl methyl sites for hydroxylation is 1. The predicted molar refractivity (Wildman–Crippen MR) is 179 cm³/mol. The van der Waals surface area contributed by atoms with E-state index in [-0.39, 0.29) is 6.71 Å². The maximum atomic E-state index is 6.79. The summed E-state index contributed by atoms with van der Waals surface area (Å²) < 4.78 is 15.6. The number of rotatable bonds is 1. The van der Waals surface area contributed by atoms with Crippen LogP contribution in [0.25, 0.3) is 54.9 Å². The van der Waals surface area contributed by atoms with Crippen LogP contribution in [0, 0.1) is 0 Å². The quantitative estimate of drug-likeness (QED) is 0.197. The van der Waals surface area contributed by atoms with Crippen LogP contribution >= 0.6 is 0 Å². The summed E-state index contributed by atoms with van der Waals surface area (Å²) in [6, 6.07) is 41.2. The van der Waals surface area contributed by atoms with Crippen molar-refractivity contribution in [1.82, 2.24) is 4.57 Å². The zero-order chi connectivity index (χ0) is 28.4. The number of anilines is 2. The summed E-state index contributed by atoms with van der Waals surface area (Å²) >= 11 is 0. The molecule has 0 aliphatic carbocycles. The molecule has 0 fully saturated rings. The second kappa shape index (κ2) is 8.11. The average Bonchev–Trinajstić information content (AvgIpc) is 3.57. The second-order valence-electron chi connectivity index (χ2n) is 11.8. The van der Waals surface area contributed by atoms with Crippen molar-refractivity contribution in [2.75, 3.05) is 11.9 Å². The molecule has 0 saturated heterocycles. The van der Waals surface area contributed by atoms with Crippen molar-refractivity contribution in [2.45, 2.75) is 0 Å². The Hall–Kier alpha value is -5.42. The first kappa shape index (κ1) is 23.2. The Kier molecular flexibility index (Phi) is 4.37. The summed E-state index contributed by atoms with van der Waals surface area (Å²) in [6.45, 7) is 0.108. The fraction of sp³-hybridized carbons (Fsp3) is 0.0526. The molecular weight excluding hydrogens is 527 g/mol. The van der Waals surface area contributed by atoms with Gasteiger partial charge in [-0.3, -0.25) is 0 Å². The van der Waals surface area contributed by atoms with Crippen molar-refractivity contribution >= 4 is 78.2 Å². The molecule has 43 heavy (non-hydrogen) atoms. The van der Waals surface area contributed by atoms with Crippen molar-refractivity contribution < 1.29 is 9.15 Å². The van der Waals surface area contributed by atoms with Gasteiger partial charge in [-0.05, 0) is 70.5 Å². The summed E-state index contributed by atoms with van der Waals surface area (Å²) in [7, 11) is 4.28. The number of para-hydroxylation sites is 3. The lowest BCUT2D eigenvalue weighted by atomic mass is 9.34. The first-order valence-electron chi connectivity index (χ1n) is 14.8. The van der Waals surface area contributed by atoms with Crippen molar-refractivity contribution in [3.63, 3.8) is 0 Å².